The minimum Gasteiger partial charge on any atom is -0.356 e. The predicted octanol–water partition coefficient (Wildman–Crippen LogP) is 3.88. The first-order valence-corrected chi connectivity index (χ1v) is 8.24. The van der Waals surface area contributed by atoms with Crippen LogP contribution in [-0.2, 0) is 0 Å². The Bertz CT molecular complexity index is 868. The van der Waals surface area contributed by atoms with E-state index in [0.29, 0.717) is 5.56 Å². The van der Waals surface area contributed by atoms with Crippen LogP contribution in [0, 0.1) is 28.9 Å². The number of aryl methyl sites for hydroxylation is 1. The van der Waals surface area contributed by atoms with Crippen LogP contribution in [0.25, 0.3) is 0 Å². The number of allylic oxidation sites excluding steroid dienone is 1. The SMILES string of the molecule is Cc1cccnc1N1CCC(=CC#Cc2cccc([N+](=O)[O-])c2)CC1. The van der Waals surface area contributed by atoms with Crippen LogP contribution in [0.4, 0.5) is 11.5 Å². The summed E-state index contributed by atoms with van der Waals surface area (Å²) < 4.78 is 0. The Morgan fingerprint density at radius 1 is 1.24 bits per heavy atom. The molecule has 2 heterocycles. The number of rotatable bonds is 2. The molecular weight excluding hydrogens is 314 g/mol. The second kappa shape index (κ2) is 7.63. The van der Waals surface area contributed by atoms with Gasteiger partial charge in [0.05, 0.1) is 4.92 Å². The number of nitro benzene ring substituents is 1. The molecule has 0 amide bonds. The van der Waals surface area contributed by atoms with E-state index in [1.807, 2.05) is 18.3 Å². The molecule has 5 heteroatoms. The van der Waals surface area contributed by atoms with Crippen molar-refractivity contribution in [1.82, 2.24) is 4.98 Å². The zero-order chi connectivity index (χ0) is 17.6. The van der Waals surface area contributed by atoms with Crippen molar-refractivity contribution in [2.45, 2.75) is 19.8 Å². The van der Waals surface area contributed by atoms with Gasteiger partial charge in [-0.05, 0) is 43.5 Å². The maximum Gasteiger partial charge on any atom is 0.270 e. The van der Waals surface area contributed by atoms with Crippen molar-refractivity contribution >= 4 is 11.5 Å². The van der Waals surface area contributed by atoms with E-state index in [2.05, 4.69) is 34.7 Å². The van der Waals surface area contributed by atoms with Gasteiger partial charge in [0.15, 0.2) is 0 Å². The summed E-state index contributed by atoms with van der Waals surface area (Å²) in [7, 11) is 0. The second-order valence-electron chi connectivity index (χ2n) is 6.01. The van der Waals surface area contributed by atoms with Crippen LogP contribution in [0.2, 0.25) is 0 Å². The van der Waals surface area contributed by atoms with Gasteiger partial charge >= 0.3 is 0 Å². The smallest absolute Gasteiger partial charge is 0.270 e. The molecule has 0 radical (unpaired) electrons. The number of pyridine rings is 1. The van der Waals surface area contributed by atoms with Crippen LogP contribution < -0.4 is 4.90 Å². The third-order valence-electron chi connectivity index (χ3n) is 4.24. The fourth-order valence-electron chi connectivity index (χ4n) is 2.88. The van der Waals surface area contributed by atoms with Crippen LogP contribution in [0.5, 0.6) is 0 Å². The van der Waals surface area contributed by atoms with Crippen molar-refractivity contribution in [2.24, 2.45) is 0 Å². The Labute approximate surface area is 147 Å². The van der Waals surface area contributed by atoms with E-state index in [1.54, 1.807) is 12.1 Å². The van der Waals surface area contributed by atoms with Gasteiger partial charge in [-0.3, -0.25) is 10.1 Å². The molecule has 5 nitrogen and oxygen atoms in total. The summed E-state index contributed by atoms with van der Waals surface area (Å²) in [6.07, 6.45) is 5.69. The van der Waals surface area contributed by atoms with Crippen molar-refractivity contribution in [2.75, 3.05) is 18.0 Å². The Kier molecular flexibility index (Phi) is 5.10. The second-order valence-corrected chi connectivity index (χ2v) is 6.01. The molecule has 25 heavy (non-hydrogen) atoms. The molecule has 0 spiro atoms. The van der Waals surface area contributed by atoms with Gasteiger partial charge in [-0.15, -0.1) is 0 Å². The third-order valence-corrected chi connectivity index (χ3v) is 4.24. The normalized spacial score (nSPS) is 13.8. The summed E-state index contributed by atoms with van der Waals surface area (Å²) in [4.78, 5) is 17.2. The highest BCUT2D eigenvalue weighted by Crippen LogP contribution is 2.23. The molecule has 3 rings (SSSR count). The number of piperidine rings is 1. The molecule has 1 aliphatic rings. The fraction of sp³-hybridized carbons (Fsp3) is 0.250. The maximum atomic E-state index is 10.8. The first kappa shape index (κ1) is 16.7. The molecule has 1 aromatic carbocycles. The Morgan fingerprint density at radius 3 is 2.76 bits per heavy atom. The number of anilines is 1. The zero-order valence-electron chi connectivity index (χ0n) is 14.1. The third kappa shape index (κ3) is 4.24. The summed E-state index contributed by atoms with van der Waals surface area (Å²) in [5.41, 5.74) is 3.23. The molecule has 0 unspecified atom stereocenters. The molecule has 1 fully saturated rings. The molecule has 0 N–H and O–H groups in total. The lowest BCUT2D eigenvalue weighted by Crippen LogP contribution is -2.31. The van der Waals surface area contributed by atoms with E-state index in [-0.39, 0.29) is 5.69 Å². The fourth-order valence-corrected chi connectivity index (χ4v) is 2.88. The highest BCUT2D eigenvalue weighted by molar-refractivity contribution is 5.48. The van der Waals surface area contributed by atoms with E-state index >= 15 is 0 Å². The van der Waals surface area contributed by atoms with Crippen molar-refractivity contribution in [1.29, 1.82) is 0 Å². The Balaban J connectivity index is 1.63. The Hall–Kier alpha value is -3.13. The first-order valence-electron chi connectivity index (χ1n) is 8.24. The summed E-state index contributed by atoms with van der Waals surface area (Å²) in [6.45, 7) is 3.95. The molecule has 126 valence electrons. The lowest BCUT2D eigenvalue weighted by molar-refractivity contribution is -0.384. The molecular formula is C20H19N3O2. The summed E-state index contributed by atoms with van der Waals surface area (Å²) in [6, 6.07) is 10.4. The lowest BCUT2D eigenvalue weighted by atomic mass is 10.0. The van der Waals surface area contributed by atoms with Gasteiger partial charge in [-0.25, -0.2) is 4.98 Å². The van der Waals surface area contributed by atoms with Crippen LogP contribution in [0.15, 0.2) is 54.2 Å². The molecule has 0 aliphatic carbocycles. The van der Waals surface area contributed by atoms with Gasteiger partial charge in [0, 0.05) is 37.0 Å². The minimum atomic E-state index is -0.404. The van der Waals surface area contributed by atoms with Crippen molar-refractivity contribution < 1.29 is 4.92 Å². The monoisotopic (exact) mass is 333 g/mol. The average Bonchev–Trinajstić information content (AvgIpc) is 2.63. The molecule has 1 saturated heterocycles. The van der Waals surface area contributed by atoms with Gasteiger partial charge in [0.2, 0.25) is 0 Å². The Morgan fingerprint density at radius 2 is 2.04 bits per heavy atom. The minimum absolute atomic E-state index is 0.0680. The molecule has 1 aliphatic heterocycles. The van der Waals surface area contributed by atoms with E-state index in [9.17, 15) is 10.1 Å². The highest BCUT2D eigenvalue weighted by atomic mass is 16.6. The van der Waals surface area contributed by atoms with Crippen molar-refractivity contribution in [3.05, 3.63) is 75.5 Å². The first-order chi connectivity index (χ1) is 12.1. The van der Waals surface area contributed by atoms with Gasteiger partial charge in [-0.1, -0.05) is 29.5 Å². The molecule has 0 atom stereocenters. The lowest BCUT2D eigenvalue weighted by Gasteiger charge is -2.30. The number of non-ortho nitro benzene ring substituents is 1. The van der Waals surface area contributed by atoms with Crippen LogP contribution in [0.3, 0.4) is 0 Å². The summed E-state index contributed by atoms with van der Waals surface area (Å²) >= 11 is 0. The predicted molar refractivity (Wildman–Crippen MR) is 98.5 cm³/mol. The number of aromatic nitrogens is 1. The van der Waals surface area contributed by atoms with E-state index in [4.69, 9.17) is 0 Å². The zero-order valence-corrected chi connectivity index (χ0v) is 14.1. The van der Waals surface area contributed by atoms with Crippen molar-refractivity contribution in [3.63, 3.8) is 0 Å². The average molecular weight is 333 g/mol. The van der Waals surface area contributed by atoms with Crippen LogP contribution in [0.1, 0.15) is 24.0 Å². The summed E-state index contributed by atoms with van der Waals surface area (Å²) in [5, 5.41) is 10.8. The van der Waals surface area contributed by atoms with Gasteiger partial charge < -0.3 is 4.90 Å². The summed E-state index contributed by atoms with van der Waals surface area (Å²) in [5.74, 6) is 7.08. The number of hydrogen-bond donors (Lipinski definition) is 0. The number of benzene rings is 1. The number of nitrogens with zero attached hydrogens (tertiary/aromatic N) is 3. The standard InChI is InChI=1S/C20H19N3O2/c1-16-5-4-12-21-20(16)22-13-10-17(11-14-22)6-2-7-18-8-3-9-19(15-18)23(24)25/h3-6,8-9,12,15H,10-11,13-14H2,1H3. The molecule has 1 aromatic heterocycles. The quantitative estimate of drug-likeness (QED) is 0.475. The van der Waals surface area contributed by atoms with Gasteiger partial charge in [0.25, 0.3) is 5.69 Å². The largest absolute Gasteiger partial charge is 0.356 e. The van der Waals surface area contributed by atoms with E-state index < -0.39 is 4.92 Å². The van der Waals surface area contributed by atoms with E-state index in [0.717, 1.165) is 31.7 Å². The molecule has 0 bridgehead atoms. The van der Waals surface area contributed by atoms with Crippen LogP contribution >= 0.6 is 0 Å². The van der Waals surface area contributed by atoms with Crippen LogP contribution in [-0.4, -0.2) is 23.0 Å². The molecule has 0 saturated carbocycles. The maximum absolute atomic E-state index is 10.8. The molecule has 2 aromatic rings. The van der Waals surface area contributed by atoms with Crippen molar-refractivity contribution in [3.8, 4) is 11.8 Å². The number of nitro groups is 1. The topological polar surface area (TPSA) is 59.3 Å². The highest BCUT2D eigenvalue weighted by Gasteiger charge is 2.16. The van der Waals surface area contributed by atoms with Gasteiger partial charge in [0.1, 0.15) is 5.82 Å². The van der Waals surface area contributed by atoms with Gasteiger partial charge in [-0.2, -0.15) is 0 Å². The van der Waals surface area contributed by atoms with E-state index in [1.165, 1.54) is 23.3 Å². The number of hydrogen-bond acceptors (Lipinski definition) is 4.